The summed E-state index contributed by atoms with van der Waals surface area (Å²) >= 11 is 0. The monoisotopic (exact) mass is 296 g/mol. The van der Waals surface area contributed by atoms with Crippen LogP contribution in [0.1, 0.15) is 25.0 Å². The molecule has 2 N–H and O–H groups in total. The summed E-state index contributed by atoms with van der Waals surface area (Å²) in [5.74, 6) is 0.468. The zero-order valence-corrected chi connectivity index (χ0v) is 12.8. The van der Waals surface area contributed by atoms with Crippen molar-refractivity contribution in [1.29, 1.82) is 0 Å². The van der Waals surface area contributed by atoms with E-state index in [4.69, 9.17) is 0 Å². The fraction of sp³-hybridized carbons (Fsp3) is 0.222. The van der Waals surface area contributed by atoms with E-state index in [-0.39, 0.29) is 11.5 Å². The van der Waals surface area contributed by atoms with Crippen molar-refractivity contribution in [2.24, 2.45) is 9.98 Å². The average Bonchev–Trinajstić information content (AvgIpc) is 2.52. The Morgan fingerprint density at radius 2 is 1.09 bits per heavy atom. The summed E-state index contributed by atoms with van der Waals surface area (Å²) in [6.07, 6.45) is 0. The number of hydrogen-bond donors (Lipinski definition) is 2. The van der Waals surface area contributed by atoms with E-state index < -0.39 is 0 Å². The van der Waals surface area contributed by atoms with Crippen LogP contribution in [0.15, 0.2) is 58.5 Å². The lowest BCUT2D eigenvalue weighted by Crippen LogP contribution is -2.01. The molecule has 22 heavy (non-hydrogen) atoms. The maximum absolute atomic E-state index is 9.77. The molecule has 0 bridgehead atoms. The van der Waals surface area contributed by atoms with Crippen LogP contribution in [0.2, 0.25) is 0 Å². The number of aromatic hydroxyl groups is 2. The number of rotatable bonds is 5. The summed E-state index contributed by atoms with van der Waals surface area (Å²) in [5.41, 5.74) is 3.05. The van der Waals surface area contributed by atoms with Crippen molar-refractivity contribution >= 4 is 11.4 Å². The first-order valence-corrected chi connectivity index (χ1v) is 7.18. The van der Waals surface area contributed by atoms with Crippen molar-refractivity contribution in [2.45, 2.75) is 13.8 Å². The van der Waals surface area contributed by atoms with Crippen LogP contribution in [0.4, 0.5) is 0 Å². The van der Waals surface area contributed by atoms with Crippen molar-refractivity contribution in [1.82, 2.24) is 0 Å². The minimum Gasteiger partial charge on any atom is -0.507 e. The molecule has 0 aromatic heterocycles. The predicted molar refractivity (Wildman–Crippen MR) is 90.4 cm³/mol. The quantitative estimate of drug-likeness (QED) is 0.656. The molecule has 0 amide bonds. The van der Waals surface area contributed by atoms with Crippen LogP contribution >= 0.6 is 0 Å². The van der Waals surface area contributed by atoms with Crippen LogP contribution in [0.3, 0.4) is 0 Å². The number of phenolic OH excluding ortho intramolecular Hbond substituents is 2. The summed E-state index contributed by atoms with van der Waals surface area (Å²) < 4.78 is 0. The van der Waals surface area contributed by atoms with E-state index in [1.165, 1.54) is 0 Å². The summed E-state index contributed by atoms with van der Waals surface area (Å²) in [7, 11) is 0. The standard InChI is InChI=1S/C18H20N2O2/c1-13(15-7-3-5-9-17(15)21)19-11-12-20-14(2)16-8-4-6-10-18(16)22/h3-10,21-22H,11-12H2,1-2H3/b19-13+,20-14+. The first-order valence-electron chi connectivity index (χ1n) is 7.18. The second-order valence-electron chi connectivity index (χ2n) is 4.97. The summed E-state index contributed by atoms with van der Waals surface area (Å²) in [6, 6.07) is 14.3. The van der Waals surface area contributed by atoms with E-state index in [0.717, 1.165) is 22.6 Å². The van der Waals surface area contributed by atoms with Crippen LogP contribution < -0.4 is 0 Å². The average molecular weight is 296 g/mol. The van der Waals surface area contributed by atoms with Gasteiger partial charge in [0, 0.05) is 22.6 Å². The molecule has 0 saturated heterocycles. The lowest BCUT2D eigenvalue weighted by molar-refractivity contribution is 0.473. The molecule has 0 aliphatic rings. The predicted octanol–water partition coefficient (Wildman–Crippen LogP) is 3.42. The highest BCUT2D eigenvalue weighted by Gasteiger charge is 2.03. The van der Waals surface area contributed by atoms with Gasteiger partial charge in [-0.1, -0.05) is 24.3 Å². The van der Waals surface area contributed by atoms with E-state index in [9.17, 15) is 10.2 Å². The smallest absolute Gasteiger partial charge is 0.124 e. The second-order valence-corrected chi connectivity index (χ2v) is 4.97. The van der Waals surface area contributed by atoms with Gasteiger partial charge in [0.15, 0.2) is 0 Å². The Kier molecular flexibility index (Phi) is 5.31. The fourth-order valence-electron chi connectivity index (χ4n) is 2.16. The van der Waals surface area contributed by atoms with Gasteiger partial charge in [-0.15, -0.1) is 0 Å². The van der Waals surface area contributed by atoms with Crippen LogP contribution in [-0.2, 0) is 0 Å². The van der Waals surface area contributed by atoms with Gasteiger partial charge in [-0.2, -0.15) is 0 Å². The minimum absolute atomic E-state index is 0.234. The van der Waals surface area contributed by atoms with E-state index in [2.05, 4.69) is 9.98 Å². The Labute approximate surface area is 130 Å². The molecule has 2 aromatic rings. The first-order chi connectivity index (χ1) is 10.6. The van der Waals surface area contributed by atoms with Gasteiger partial charge in [-0.25, -0.2) is 0 Å². The van der Waals surface area contributed by atoms with Crippen molar-refractivity contribution in [3.63, 3.8) is 0 Å². The normalized spacial score (nSPS) is 12.5. The molecule has 0 fully saturated rings. The van der Waals surface area contributed by atoms with Gasteiger partial charge in [0.2, 0.25) is 0 Å². The molecule has 114 valence electrons. The van der Waals surface area contributed by atoms with Crippen LogP contribution in [0.25, 0.3) is 0 Å². The summed E-state index contributed by atoms with van der Waals surface area (Å²) in [5, 5.41) is 19.5. The van der Waals surface area contributed by atoms with Crippen LogP contribution in [-0.4, -0.2) is 34.7 Å². The third kappa shape index (κ3) is 3.95. The molecular weight excluding hydrogens is 276 g/mol. The molecule has 4 heteroatoms. The minimum atomic E-state index is 0.234. The molecule has 0 atom stereocenters. The molecule has 0 unspecified atom stereocenters. The maximum atomic E-state index is 9.77. The number of phenols is 2. The van der Waals surface area contributed by atoms with Gasteiger partial charge in [0.1, 0.15) is 11.5 Å². The van der Waals surface area contributed by atoms with Crippen molar-refractivity contribution in [2.75, 3.05) is 13.1 Å². The number of para-hydroxylation sites is 2. The molecule has 4 nitrogen and oxygen atoms in total. The Balaban J connectivity index is 1.99. The highest BCUT2D eigenvalue weighted by atomic mass is 16.3. The highest BCUT2D eigenvalue weighted by molar-refractivity contribution is 6.01. The molecule has 2 rings (SSSR count). The van der Waals surface area contributed by atoms with Crippen LogP contribution in [0, 0.1) is 0 Å². The topological polar surface area (TPSA) is 65.2 Å². The lowest BCUT2D eigenvalue weighted by Gasteiger charge is -2.04. The van der Waals surface area contributed by atoms with E-state index in [1.54, 1.807) is 24.3 Å². The van der Waals surface area contributed by atoms with Gasteiger partial charge in [-0.05, 0) is 38.1 Å². The number of nitrogens with zero attached hydrogens (tertiary/aromatic N) is 2. The maximum Gasteiger partial charge on any atom is 0.124 e. The molecule has 0 aliphatic heterocycles. The SMILES string of the molecule is C/C(=N\CC/N=C(\C)c1ccccc1O)c1ccccc1O. The molecule has 2 aromatic carbocycles. The van der Waals surface area contributed by atoms with E-state index in [0.29, 0.717) is 13.1 Å². The Hall–Kier alpha value is -2.62. The first kappa shape index (κ1) is 15.8. The fourth-order valence-corrected chi connectivity index (χ4v) is 2.16. The van der Waals surface area contributed by atoms with Crippen molar-refractivity contribution in [3.8, 4) is 11.5 Å². The van der Waals surface area contributed by atoms with Gasteiger partial charge in [-0.3, -0.25) is 9.98 Å². The second kappa shape index (κ2) is 7.41. The van der Waals surface area contributed by atoms with Gasteiger partial charge < -0.3 is 10.2 Å². The molecule has 0 radical (unpaired) electrons. The molecule has 0 spiro atoms. The number of aliphatic imine (C=N–C) groups is 2. The third-order valence-corrected chi connectivity index (χ3v) is 3.39. The highest BCUT2D eigenvalue weighted by Crippen LogP contribution is 2.17. The van der Waals surface area contributed by atoms with Crippen molar-refractivity contribution in [3.05, 3.63) is 59.7 Å². The third-order valence-electron chi connectivity index (χ3n) is 3.39. The Morgan fingerprint density at radius 1 is 0.727 bits per heavy atom. The van der Waals surface area contributed by atoms with E-state index in [1.807, 2.05) is 38.1 Å². The molecular formula is C18H20N2O2. The molecule has 0 saturated carbocycles. The Morgan fingerprint density at radius 3 is 1.45 bits per heavy atom. The van der Waals surface area contributed by atoms with Gasteiger partial charge in [0.05, 0.1) is 13.1 Å². The summed E-state index contributed by atoms with van der Waals surface area (Å²) in [4.78, 5) is 8.86. The summed E-state index contributed by atoms with van der Waals surface area (Å²) in [6.45, 7) is 4.81. The molecule has 0 aliphatic carbocycles. The van der Waals surface area contributed by atoms with Crippen LogP contribution in [0.5, 0.6) is 11.5 Å². The Bertz CT molecular complexity index is 644. The van der Waals surface area contributed by atoms with Gasteiger partial charge in [0.25, 0.3) is 0 Å². The van der Waals surface area contributed by atoms with E-state index >= 15 is 0 Å². The number of benzene rings is 2. The van der Waals surface area contributed by atoms with Crippen molar-refractivity contribution < 1.29 is 10.2 Å². The zero-order chi connectivity index (χ0) is 15.9. The largest absolute Gasteiger partial charge is 0.507 e. The van der Waals surface area contributed by atoms with Gasteiger partial charge >= 0.3 is 0 Å². The number of hydrogen-bond acceptors (Lipinski definition) is 4. The zero-order valence-electron chi connectivity index (χ0n) is 12.8. The lowest BCUT2D eigenvalue weighted by atomic mass is 10.1. The molecule has 0 heterocycles.